The molecule has 0 fully saturated rings. The molecule has 0 unspecified atom stereocenters. The van der Waals surface area contributed by atoms with Crippen LogP contribution in [0.2, 0.25) is 0 Å². The highest BCUT2D eigenvalue weighted by Gasteiger charge is 2.35. The number of carboxylic acid groups (broad SMARTS) is 1. The minimum absolute atomic E-state index is 0.0831. The van der Waals surface area contributed by atoms with Crippen LogP contribution in [0.3, 0.4) is 0 Å². The first-order valence-corrected chi connectivity index (χ1v) is 7.72. The lowest BCUT2D eigenvalue weighted by atomic mass is 10.1. The molecule has 1 atom stereocenters. The Morgan fingerprint density at radius 1 is 1.04 bits per heavy atom. The number of fused-ring (bicyclic) bond motifs is 1. The first kappa shape index (κ1) is 16.5. The summed E-state index contributed by atoms with van der Waals surface area (Å²) in [7, 11) is 1.56. The smallest absolute Gasteiger partial charge is 0.405 e. The van der Waals surface area contributed by atoms with Crippen molar-refractivity contribution in [3.05, 3.63) is 60.2 Å². The van der Waals surface area contributed by atoms with E-state index in [9.17, 15) is 14.4 Å². The Labute approximate surface area is 144 Å². The van der Waals surface area contributed by atoms with Crippen molar-refractivity contribution < 1.29 is 19.5 Å². The number of benzene rings is 2. The highest BCUT2D eigenvalue weighted by atomic mass is 16.4. The molecular weight excluding hydrogens is 322 g/mol. The molecule has 3 rings (SSSR count). The lowest BCUT2D eigenvalue weighted by Gasteiger charge is -2.24. The molecule has 128 valence electrons. The van der Waals surface area contributed by atoms with Gasteiger partial charge in [0.05, 0.1) is 17.9 Å². The van der Waals surface area contributed by atoms with E-state index >= 15 is 0 Å². The van der Waals surface area contributed by atoms with Crippen molar-refractivity contribution in [2.75, 3.05) is 23.4 Å². The summed E-state index contributed by atoms with van der Waals surface area (Å²) in [5, 5.41) is 11.2. The number of carbonyl (C=O) groups excluding carboxylic acids is 2. The zero-order valence-corrected chi connectivity index (χ0v) is 13.5. The first-order chi connectivity index (χ1) is 12.0. The molecule has 1 aliphatic heterocycles. The standard InChI is InChI=1S/C18H17N3O4/c1-20-14-9-5-6-10-15(14)21(11-13(17(20)23)19-18(24)25)16(22)12-7-3-2-4-8-12/h2-10,13,19H,11H2,1H3,(H,24,25)/t13-/m0/s1. The molecule has 0 saturated carbocycles. The average Bonchev–Trinajstić information content (AvgIpc) is 2.72. The van der Waals surface area contributed by atoms with Gasteiger partial charge in [-0.3, -0.25) is 9.59 Å². The fourth-order valence-corrected chi connectivity index (χ4v) is 2.87. The molecule has 0 bridgehead atoms. The fourth-order valence-electron chi connectivity index (χ4n) is 2.87. The number of hydrogen-bond donors (Lipinski definition) is 2. The summed E-state index contributed by atoms with van der Waals surface area (Å²) in [6.07, 6.45) is -1.31. The number of nitrogens with one attached hydrogen (secondary N) is 1. The Bertz CT molecular complexity index is 822. The topological polar surface area (TPSA) is 89.9 Å². The largest absolute Gasteiger partial charge is 0.465 e. The van der Waals surface area contributed by atoms with Crippen LogP contribution in [0.5, 0.6) is 0 Å². The molecular formula is C18H17N3O4. The van der Waals surface area contributed by atoms with Crippen molar-refractivity contribution in [1.82, 2.24) is 5.32 Å². The van der Waals surface area contributed by atoms with Gasteiger partial charge >= 0.3 is 6.09 Å². The van der Waals surface area contributed by atoms with Gasteiger partial charge in [0.1, 0.15) is 6.04 Å². The van der Waals surface area contributed by atoms with Gasteiger partial charge in [-0.25, -0.2) is 4.79 Å². The maximum atomic E-state index is 13.0. The monoisotopic (exact) mass is 339 g/mol. The summed E-state index contributed by atoms with van der Waals surface area (Å²) < 4.78 is 0. The number of para-hydroxylation sites is 2. The van der Waals surface area contributed by atoms with E-state index < -0.39 is 18.0 Å². The Balaban J connectivity index is 2.07. The van der Waals surface area contributed by atoms with Gasteiger partial charge in [0.2, 0.25) is 0 Å². The van der Waals surface area contributed by atoms with Crippen molar-refractivity contribution in [3.63, 3.8) is 0 Å². The molecule has 25 heavy (non-hydrogen) atoms. The second-order valence-corrected chi connectivity index (χ2v) is 5.67. The summed E-state index contributed by atoms with van der Waals surface area (Å²) >= 11 is 0. The number of carbonyl (C=O) groups is 3. The van der Waals surface area contributed by atoms with Crippen molar-refractivity contribution in [1.29, 1.82) is 0 Å². The maximum absolute atomic E-state index is 13.0. The van der Waals surface area contributed by atoms with Crippen molar-refractivity contribution in [2.45, 2.75) is 6.04 Å². The highest BCUT2D eigenvalue weighted by molar-refractivity contribution is 6.12. The predicted octanol–water partition coefficient (Wildman–Crippen LogP) is 1.95. The van der Waals surface area contributed by atoms with E-state index in [1.807, 2.05) is 0 Å². The van der Waals surface area contributed by atoms with Gasteiger partial charge in [-0.1, -0.05) is 30.3 Å². The molecule has 0 saturated heterocycles. The number of anilines is 2. The number of hydrogen-bond acceptors (Lipinski definition) is 3. The van der Waals surface area contributed by atoms with E-state index in [0.717, 1.165) is 0 Å². The van der Waals surface area contributed by atoms with Gasteiger partial charge in [0.25, 0.3) is 11.8 Å². The highest BCUT2D eigenvalue weighted by Crippen LogP contribution is 2.32. The molecule has 1 aliphatic rings. The molecule has 2 N–H and O–H groups in total. The van der Waals surface area contributed by atoms with Crippen LogP contribution >= 0.6 is 0 Å². The van der Waals surface area contributed by atoms with Crippen LogP contribution < -0.4 is 15.1 Å². The summed E-state index contributed by atoms with van der Waals surface area (Å²) in [5.74, 6) is -0.716. The summed E-state index contributed by atoms with van der Waals surface area (Å²) in [4.78, 5) is 39.5. The third-order valence-electron chi connectivity index (χ3n) is 4.09. The lowest BCUT2D eigenvalue weighted by Crippen LogP contribution is -2.51. The number of likely N-dealkylation sites (N-methyl/N-ethyl adjacent to an activating group) is 1. The molecule has 0 radical (unpaired) electrons. The third kappa shape index (κ3) is 3.16. The fraction of sp³-hybridized carbons (Fsp3) is 0.167. The third-order valence-corrected chi connectivity index (χ3v) is 4.09. The van der Waals surface area contributed by atoms with E-state index in [-0.39, 0.29) is 12.5 Å². The van der Waals surface area contributed by atoms with Crippen molar-refractivity contribution in [2.24, 2.45) is 0 Å². The van der Waals surface area contributed by atoms with E-state index in [2.05, 4.69) is 5.32 Å². The van der Waals surface area contributed by atoms with Crippen LogP contribution in [-0.2, 0) is 4.79 Å². The van der Waals surface area contributed by atoms with E-state index in [0.29, 0.717) is 16.9 Å². The van der Waals surface area contributed by atoms with Crippen LogP contribution in [-0.4, -0.2) is 42.6 Å². The maximum Gasteiger partial charge on any atom is 0.405 e. The molecule has 0 spiro atoms. The van der Waals surface area contributed by atoms with Gasteiger partial charge < -0.3 is 20.2 Å². The van der Waals surface area contributed by atoms with Gasteiger partial charge in [-0.2, -0.15) is 0 Å². The summed E-state index contributed by atoms with van der Waals surface area (Å²) in [6, 6.07) is 14.6. The minimum atomic E-state index is -1.31. The zero-order chi connectivity index (χ0) is 18.0. The van der Waals surface area contributed by atoms with Crippen LogP contribution in [0.4, 0.5) is 16.2 Å². The molecule has 7 nitrogen and oxygen atoms in total. The molecule has 0 aromatic heterocycles. The van der Waals surface area contributed by atoms with Crippen LogP contribution in [0.1, 0.15) is 10.4 Å². The van der Waals surface area contributed by atoms with Crippen LogP contribution in [0, 0.1) is 0 Å². The van der Waals surface area contributed by atoms with Crippen LogP contribution in [0.25, 0.3) is 0 Å². The van der Waals surface area contributed by atoms with E-state index in [4.69, 9.17) is 5.11 Å². The lowest BCUT2D eigenvalue weighted by molar-refractivity contribution is -0.119. The molecule has 7 heteroatoms. The van der Waals surface area contributed by atoms with Crippen LogP contribution in [0.15, 0.2) is 54.6 Å². The SMILES string of the molecule is CN1C(=O)[C@@H](NC(=O)O)CN(C(=O)c2ccccc2)c2ccccc21. The number of rotatable bonds is 2. The average molecular weight is 339 g/mol. The molecule has 2 aromatic carbocycles. The molecule has 2 aromatic rings. The molecule has 3 amide bonds. The molecule has 0 aliphatic carbocycles. The Kier molecular flexibility index (Phi) is 4.38. The first-order valence-electron chi connectivity index (χ1n) is 7.72. The normalized spacial score (nSPS) is 16.8. The Hall–Kier alpha value is -3.35. The minimum Gasteiger partial charge on any atom is -0.465 e. The summed E-state index contributed by atoms with van der Waals surface area (Å²) in [6.45, 7) is -0.0831. The van der Waals surface area contributed by atoms with Crippen molar-refractivity contribution in [3.8, 4) is 0 Å². The van der Waals surface area contributed by atoms with E-state index in [1.54, 1.807) is 61.6 Å². The van der Waals surface area contributed by atoms with Gasteiger partial charge in [0, 0.05) is 12.6 Å². The number of nitrogens with zero attached hydrogens (tertiary/aromatic N) is 2. The molecule has 1 heterocycles. The van der Waals surface area contributed by atoms with Gasteiger partial charge in [-0.15, -0.1) is 0 Å². The second kappa shape index (κ2) is 6.64. The number of amides is 3. The second-order valence-electron chi connectivity index (χ2n) is 5.67. The Morgan fingerprint density at radius 3 is 2.28 bits per heavy atom. The quantitative estimate of drug-likeness (QED) is 0.875. The summed E-state index contributed by atoms with van der Waals surface area (Å²) in [5.41, 5.74) is 1.57. The predicted molar refractivity (Wildman–Crippen MR) is 92.9 cm³/mol. The van der Waals surface area contributed by atoms with Gasteiger partial charge in [-0.05, 0) is 24.3 Å². The zero-order valence-electron chi connectivity index (χ0n) is 13.5. The van der Waals surface area contributed by atoms with Gasteiger partial charge in [0.15, 0.2) is 0 Å². The van der Waals surface area contributed by atoms with Crippen molar-refractivity contribution >= 4 is 29.3 Å². The van der Waals surface area contributed by atoms with E-state index in [1.165, 1.54) is 9.80 Å². The Morgan fingerprint density at radius 2 is 1.64 bits per heavy atom.